The van der Waals surface area contributed by atoms with Crippen LogP contribution in [0.3, 0.4) is 0 Å². The quantitative estimate of drug-likeness (QED) is 0.367. The van der Waals surface area contributed by atoms with Crippen molar-refractivity contribution in [2.24, 2.45) is 0 Å². The van der Waals surface area contributed by atoms with Crippen molar-refractivity contribution in [1.82, 2.24) is 10.2 Å². The Morgan fingerprint density at radius 3 is 2.50 bits per heavy atom. The lowest BCUT2D eigenvalue weighted by Gasteiger charge is -2.13. The van der Waals surface area contributed by atoms with Gasteiger partial charge in [0.05, 0.1) is 16.7 Å². The molecule has 0 saturated heterocycles. The number of rotatable bonds is 7. The molecule has 36 heavy (non-hydrogen) atoms. The maximum Gasteiger partial charge on any atom is 0.261 e. The van der Waals surface area contributed by atoms with E-state index in [0.717, 1.165) is 46.6 Å². The fourth-order valence-electron chi connectivity index (χ4n) is 4.66. The van der Waals surface area contributed by atoms with E-state index in [1.54, 1.807) is 0 Å². The highest BCUT2D eigenvalue weighted by Crippen LogP contribution is 2.38. The molecule has 3 aromatic rings. The van der Waals surface area contributed by atoms with Gasteiger partial charge in [-0.05, 0) is 55.0 Å². The third kappa shape index (κ3) is 4.35. The number of thiophene rings is 1. The van der Waals surface area contributed by atoms with Gasteiger partial charge in [-0.3, -0.25) is 24.1 Å². The number of nitrogens with one attached hydrogen (secondary N) is 2. The van der Waals surface area contributed by atoms with Gasteiger partial charge in [-0.25, -0.2) is 0 Å². The van der Waals surface area contributed by atoms with Crippen molar-refractivity contribution in [2.45, 2.75) is 32.2 Å². The molecule has 2 N–H and O–H groups in total. The molecule has 0 unspecified atom stereocenters. The number of nitrogens with zero attached hydrogens (tertiary/aromatic N) is 1. The summed E-state index contributed by atoms with van der Waals surface area (Å²) in [7, 11) is 0. The summed E-state index contributed by atoms with van der Waals surface area (Å²) >= 11 is 1.44. The second kappa shape index (κ2) is 9.91. The van der Waals surface area contributed by atoms with Crippen molar-refractivity contribution in [3.63, 3.8) is 0 Å². The predicted molar refractivity (Wildman–Crippen MR) is 139 cm³/mol. The van der Waals surface area contributed by atoms with Crippen molar-refractivity contribution >= 4 is 40.0 Å². The summed E-state index contributed by atoms with van der Waals surface area (Å²) in [5.41, 5.74) is 3.22. The number of hydrogen-bond acceptors (Lipinski definition) is 5. The van der Waals surface area contributed by atoms with E-state index >= 15 is 0 Å². The van der Waals surface area contributed by atoms with E-state index in [0.29, 0.717) is 17.1 Å². The molecule has 0 bridgehead atoms. The Morgan fingerprint density at radius 1 is 0.972 bits per heavy atom. The minimum Gasteiger partial charge on any atom is -0.348 e. The summed E-state index contributed by atoms with van der Waals surface area (Å²) < 4.78 is 0. The van der Waals surface area contributed by atoms with Crippen LogP contribution in [-0.2, 0) is 19.4 Å². The molecule has 0 radical (unpaired) electrons. The van der Waals surface area contributed by atoms with E-state index in [4.69, 9.17) is 0 Å². The Balaban J connectivity index is 1.40. The first-order valence-corrected chi connectivity index (χ1v) is 12.7. The average molecular weight is 500 g/mol. The summed E-state index contributed by atoms with van der Waals surface area (Å²) in [6, 6.07) is 14.1. The van der Waals surface area contributed by atoms with Gasteiger partial charge in [0.25, 0.3) is 23.6 Å². The van der Waals surface area contributed by atoms with Crippen molar-refractivity contribution < 1.29 is 19.2 Å². The van der Waals surface area contributed by atoms with Crippen LogP contribution in [0.15, 0.2) is 61.2 Å². The van der Waals surface area contributed by atoms with Crippen LogP contribution in [0.4, 0.5) is 5.00 Å². The Morgan fingerprint density at radius 2 is 1.72 bits per heavy atom. The molecule has 8 heteroatoms. The molecule has 182 valence electrons. The van der Waals surface area contributed by atoms with Gasteiger partial charge >= 0.3 is 0 Å². The number of amides is 4. The SMILES string of the molecule is C=CCN1C(=O)c2ccc(C(=O)Nc3sc4c(c3C(=O)NCc3ccccc3)CCCC4)cc2C1=O. The lowest BCUT2D eigenvalue weighted by Crippen LogP contribution is -2.29. The lowest BCUT2D eigenvalue weighted by atomic mass is 9.95. The van der Waals surface area contributed by atoms with Crippen molar-refractivity contribution in [3.05, 3.63) is 99.4 Å². The maximum absolute atomic E-state index is 13.3. The highest BCUT2D eigenvalue weighted by Gasteiger charge is 2.35. The molecule has 1 aliphatic heterocycles. The van der Waals surface area contributed by atoms with Gasteiger partial charge in [0.15, 0.2) is 0 Å². The number of benzene rings is 2. The molecular weight excluding hydrogens is 474 g/mol. The minimum atomic E-state index is -0.447. The third-order valence-electron chi connectivity index (χ3n) is 6.47. The maximum atomic E-state index is 13.3. The molecule has 2 heterocycles. The van der Waals surface area contributed by atoms with Gasteiger partial charge in [0.1, 0.15) is 5.00 Å². The van der Waals surface area contributed by atoms with Gasteiger partial charge in [0, 0.05) is 23.5 Å². The Bertz CT molecular complexity index is 1390. The topological polar surface area (TPSA) is 95.6 Å². The number of fused-ring (bicyclic) bond motifs is 2. The van der Waals surface area contributed by atoms with E-state index in [2.05, 4.69) is 17.2 Å². The van der Waals surface area contributed by atoms with Gasteiger partial charge in [-0.1, -0.05) is 36.4 Å². The third-order valence-corrected chi connectivity index (χ3v) is 7.67. The molecule has 0 spiro atoms. The fourth-order valence-corrected chi connectivity index (χ4v) is 5.94. The van der Waals surface area contributed by atoms with E-state index in [1.165, 1.54) is 35.6 Å². The van der Waals surface area contributed by atoms with Crippen LogP contribution in [0.25, 0.3) is 0 Å². The molecule has 0 atom stereocenters. The summed E-state index contributed by atoms with van der Waals surface area (Å²) in [6.07, 6.45) is 5.21. The second-order valence-corrected chi connectivity index (χ2v) is 9.91. The van der Waals surface area contributed by atoms with Gasteiger partial charge in [0.2, 0.25) is 0 Å². The molecular formula is C28H25N3O4S. The summed E-state index contributed by atoms with van der Waals surface area (Å²) in [5.74, 6) is -1.50. The lowest BCUT2D eigenvalue weighted by molar-refractivity contribution is 0.0671. The largest absolute Gasteiger partial charge is 0.348 e. The zero-order valence-corrected chi connectivity index (χ0v) is 20.5. The summed E-state index contributed by atoms with van der Waals surface area (Å²) in [6.45, 7) is 4.08. The highest BCUT2D eigenvalue weighted by molar-refractivity contribution is 7.17. The average Bonchev–Trinajstić information content (AvgIpc) is 3.38. The molecule has 1 aromatic heterocycles. The number of aryl methyl sites for hydroxylation is 1. The van der Waals surface area contributed by atoms with Crippen LogP contribution < -0.4 is 10.6 Å². The van der Waals surface area contributed by atoms with Crippen LogP contribution in [0, 0.1) is 0 Å². The molecule has 7 nitrogen and oxygen atoms in total. The van der Waals surface area contributed by atoms with Crippen molar-refractivity contribution in [1.29, 1.82) is 0 Å². The molecule has 1 aliphatic carbocycles. The number of hydrogen-bond donors (Lipinski definition) is 2. The number of imide groups is 1. The Kier molecular flexibility index (Phi) is 6.52. The fraction of sp³-hybridized carbons (Fsp3) is 0.214. The van der Waals surface area contributed by atoms with Crippen LogP contribution in [0.2, 0.25) is 0 Å². The molecule has 0 fully saturated rings. The van der Waals surface area contributed by atoms with Crippen molar-refractivity contribution in [2.75, 3.05) is 11.9 Å². The molecule has 5 rings (SSSR count). The first-order chi connectivity index (χ1) is 17.5. The molecule has 4 amide bonds. The molecule has 2 aromatic carbocycles. The van der Waals surface area contributed by atoms with E-state index in [9.17, 15) is 19.2 Å². The van der Waals surface area contributed by atoms with Gasteiger partial charge < -0.3 is 10.6 Å². The smallest absolute Gasteiger partial charge is 0.261 e. The number of carbonyl (C=O) groups is 4. The summed E-state index contributed by atoms with van der Waals surface area (Å²) in [4.78, 5) is 53.9. The van der Waals surface area contributed by atoms with E-state index < -0.39 is 17.7 Å². The van der Waals surface area contributed by atoms with Crippen LogP contribution in [0.5, 0.6) is 0 Å². The van der Waals surface area contributed by atoms with Crippen LogP contribution in [0.1, 0.15) is 70.3 Å². The number of carbonyl (C=O) groups excluding carboxylic acids is 4. The number of anilines is 1. The van der Waals surface area contributed by atoms with Crippen molar-refractivity contribution in [3.8, 4) is 0 Å². The first kappa shape index (κ1) is 23.7. The van der Waals surface area contributed by atoms with E-state index in [1.807, 2.05) is 30.3 Å². The van der Waals surface area contributed by atoms with Crippen LogP contribution in [-0.4, -0.2) is 35.1 Å². The zero-order valence-electron chi connectivity index (χ0n) is 19.6. The Hall–Kier alpha value is -4.04. The highest BCUT2D eigenvalue weighted by atomic mass is 32.1. The second-order valence-electron chi connectivity index (χ2n) is 8.81. The summed E-state index contributed by atoms with van der Waals surface area (Å²) in [5, 5.41) is 6.40. The zero-order chi connectivity index (χ0) is 25.2. The normalized spacial score (nSPS) is 14.3. The predicted octanol–water partition coefficient (Wildman–Crippen LogP) is 4.59. The molecule has 2 aliphatic rings. The van der Waals surface area contributed by atoms with E-state index in [-0.39, 0.29) is 29.1 Å². The van der Waals surface area contributed by atoms with Crippen LogP contribution >= 0.6 is 11.3 Å². The van der Waals surface area contributed by atoms with Gasteiger partial charge in [-0.2, -0.15) is 0 Å². The standard InChI is InChI=1S/C28H25N3O4S/c1-2-14-31-27(34)19-13-12-18(15-21(19)28(31)35)24(32)30-26-23(20-10-6-7-11-22(20)36-26)25(33)29-16-17-8-4-3-5-9-17/h2-5,8-9,12-13,15H,1,6-7,10-11,14,16H2,(H,29,33)(H,30,32). The minimum absolute atomic E-state index is 0.107. The molecule has 0 saturated carbocycles. The Labute approximate surface area is 212 Å². The monoisotopic (exact) mass is 499 g/mol. The first-order valence-electron chi connectivity index (χ1n) is 11.9. The van der Waals surface area contributed by atoms with Gasteiger partial charge in [-0.15, -0.1) is 17.9 Å².